The van der Waals surface area contributed by atoms with Crippen LogP contribution in [-0.4, -0.2) is 46.1 Å². The van der Waals surface area contributed by atoms with Crippen molar-refractivity contribution in [1.82, 2.24) is 20.0 Å². The average Bonchev–Trinajstić information content (AvgIpc) is 3.17. The monoisotopic (exact) mass is 448 g/mol. The number of carbonyl (C=O) groups is 2. The molecule has 1 fully saturated rings. The van der Waals surface area contributed by atoms with E-state index in [0.29, 0.717) is 25.2 Å². The molecule has 172 valence electrons. The molecule has 0 spiro atoms. The van der Waals surface area contributed by atoms with Crippen LogP contribution in [0.1, 0.15) is 40.2 Å². The van der Waals surface area contributed by atoms with Crippen LogP contribution >= 0.6 is 0 Å². The molecule has 3 aromatic rings. The molecule has 0 aliphatic carbocycles. The molecular formula is C26H29FN4O2. The highest BCUT2D eigenvalue weighted by atomic mass is 19.1. The van der Waals surface area contributed by atoms with Crippen LogP contribution in [0.3, 0.4) is 0 Å². The van der Waals surface area contributed by atoms with Gasteiger partial charge in [0, 0.05) is 30.9 Å². The van der Waals surface area contributed by atoms with Crippen LogP contribution in [0, 0.1) is 25.6 Å². The second-order valence-electron chi connectivity index (χ2n) is 8.64. The largest absolute Gasteiger partial charge is 0.355 e. The second kappa shape index (κ2) is 9.98. The van der Waals surface area contributed by atoms with Crippen LogP contribution in [-0.2, 0) is 11.2 Å². The topological polar surface area (TPSA) is 67.2 Å². The van der Waals surface area contributed by atoms with E-state index in [1.54, 1.807) is 4.90 Å². The zero-order valence-electron chi connectivity index (χ0n) is 19.1. The van der Waals surface area contributed by atoms with Crippen molar-refractivity contribution in [2.24, 2.45) is 5.92 Å². The van der Waals surface area contributed by atoms with E-state index < -0.39 is 0 Å². The molecule has 0 saturated carbocycles. The predicted molar refractivity (Wildman–Crippen MR) is 125 cm³/mol. The van der Waals surface area contributed by atoms with Gasteiger partial charge >= 0.3 is 0 Å². The Labute approximate surface area is 193 Å². The van der Waals surface area contributed by atoms with Gasteiger partial charge in [-0.3, -0.25) is 9.59 Å². The number of carbonyl (C=O) groups excluding carboxylic acids is 2. The van der Waals surface area contributed by atoms with Gasteiger partial charge in [0.2, 0.25) is 5.91 Å². The third-order valence-corrected chi connectivity index (χ3v) is 6.07. The summed E-state index contributed by atoms with van der Waals surface area (Å²) in [6, 6.07) is 15.8. The molecule has 1 N–H and O–H groups in total. The number of hydrogen-bond donors (Lipinski definition) is 1. The van der Waals surface area contributed by atoms with Crippen molar-refractivity contribution >= 4 is 11.8 Å². The molecular weight excluding hydrogens is 419 g/mol. The molecule has 1 saturated heterocycles. The summed E-state index contributed by atoms with van der Waals surface area (Å²) in [5.41, 5.74) is 4.67. The van der Waals surface area contributed by atoms with E-state index in [1.807, 2.05) is 36.7 Å². The SMILES string of the molecule is Cc1cc(C)n(-c2ccc(CCNC(=O)C3CCCN(C(=O)c4ccc(F)cc4)C3)cc2)n1. The van der Waals surface area contributed by atoms with Gasteiger partial charge in [-0.25, -0.2) is 9.07 Å². The van der Waals surface area contributed by atoms with Crippen LogP contribution < -0.4 is 5.32 Å². The molecule has 0 radical (unpaired) electrons. The van der Waals surface area contributed by atoms with Crippen molar-refractivity contribution in [3.8, 4) is 5.69 Å². The van der Waals surface area contributed by atoms with Crippen LogP contribution in [0.5, 0.6) is 0 Å². The number of nitrogens with zero attached hydrogens (tertiary/aromatic N) is 3. The standard InChI is InChI=1S/C26H29FN4O2/c1-18-16-19(2)31(29-18)24-11-5-20(6-12-24)13-14-28-25(32)22-4-3-15-30(17-22)26(33)21-7-9-23(27)10-8-21/h5-12,16,22H,3-4,13-15,17H2,1-2H3,(H,28,32). The smallest absolute Gasteiger partial charge is 0.253 e. The van der Waals surface area contributed by atoms with Gasteiger partial charge in [-0.15, -0.1) is 0 Å². The summed E-state index contributed by atoms with van der Waals surface area (Å²) in [7, 11) is 0. The maximum atomic E-state index is 13.1. The third kappa shape index (κ3) is 5.48. The highest BCUT2D eigenvalue weighted by Gasteiger charge is 2.28. The van der Waals surface area contributed by atoms with E-state index in [0.717, 1.165) is 41.9 Å². The fourth-order valence-electron chi connectivity index (χ4n) is 4.32. The Morgan fingerprint density at radius 1 is 1.09 bits per heavy atom. The first-order valence-corrected chi connectivity index (χ1v) is 11.4. The Morgan fingerprint density at radius 2 is 1.82 bits per heavy atom. The summed E-state index contributed by atoms with van der Waals surface area (Å²) in [5.74, 6) is -0.777. The van der Waals surface area contributed by atoms with E-state index in [-0.39, 0.29) is 23.5 Å². The highest BCUT2D eigenvalue weighted by Crippen LogP contribution is 2.19. The van der Waals surface area contributed by atoms with Crippen molar-refractivity contribution in [2.75, 3.05) is 19.6 Å². The normalized spacial score (nSPS) is 16.0. The zero-order valence-corrected chi connectivity index (χ0v) is 19.1. The lowest BCUT2D eigenvalue weighted by Gasteiger charge is -2.32. The summed E-state index contributed by atoms with van der Waals surface area (Å²) in [4.78, 5) is 27.1. The number of piperidine rings is 1. The quantitative estimate of drug-likeness (QED) is 0.623. The fraction of sp³-hybridized carbons (Fsp3) is 0.346. The predicted octanol–water partition coefficient (Wildman–Crippen LogP) is 3.84. The molecule has 6 nitrogen and oxygen atoms in total. The molecule has 7 heteroatoms. The number of likely N-dealkylation sites (tertiary alicyclic amines) is 1. The molecule has 1 aliphatic rings. The zero-order chi connectivity index (χ0) is 23.4. The Morgan fingerprint density at radius 3 is 2.48 bits per heavy atom. The molecule has 4 rings (SSSR count). The molecule has 0 bridgehead atoms. The summed E-state index contributed by atoms with van der Waals surface area (Å²) < 4.78 is 15.1. The van der Waals surface area contributed by atoms with Gasteiger partial charge < -0.3 is 10.2 Å². The molecule has 2 heterocycles. The summed E-state index contributed by atoms with van der Waals surface area (Å²) in [5, 5.41) is 7.53. The van der Waals surface area contributed by atoms with Gasteiger partial charge in [-0.05, 0) is 81.1 Å². The lowest BCUT2D eigenvalue weighted by Crippen LogP contribution is -2.45. The van der Waals surface area contributed by atoms with Crippen molar-refractivity contribution in [1.29, 1.82) is 0 Å². The number of hydrogen-bond acceptors (Lipinski definition) is 3. The Kier molecular flexibility index (Phi) is 6.87. The number of nitrogens with one attached hydrogen (secondary N) is 1. The maximum Gasteiger partial charge on any atom is 0.253 e. The lowest BCUT2D eigenvalue weighted by atomic mass is 9.96. The number of rotatable bonds is 6. The minimum Gasteiger partial charge on any atom is -0.355 e. The fourth-order valence-corrected chi connectivity index (χ4v) is 4.32. The minimum atomic E-state index is -0.372. The van der Waals surface area contributed by atoms with Crippen molar-refractivity contribution in [3.05, 3.63) is 82.9 Å². The van der Waals surface area contributed by atoms with Gasteiger partial charge in [0.25, 0.3) is 5.91 Å². The minimum absolute atomic E-state index is 0.0223. The molecule has 2 aromatic carbocycles. The van der Waals surface area contributed by atoms with Gasteiger partial charge in [0.05, 0.1) is 17.3 Å². The number of benzene rings is 2. The third-order valence-electron chi connectivity index (χ3n) is 6.07. The number of halogens is 1. The Balaban J connectivity index is 1.27. The van der Waals surface area contributed by atoms with Crippen molar-refractivity contribution in [2.45, 2.75) is 33.1 Å². The summed E-state index contributed by atoms with van der Waals surface area (Å²) >= 11 is 0. The van der Waals surface area contributed by atoms with Crippen LogP contribution in [0.4, 0.5) is 4.39 Å². The first kappa shape index (κ1) is 22.7. The van der Waals surface area contributed by atoms with E-state index >= 15 is 0 Å². The van der Waals surface area contributed by atoms with E-state index in [4.69, 9.17) is 0 Å². The number of aryl methyl sites for hydroxylation is 2. The Bertz CT molecular complexity index is 1120. The maximum absolute atomic E-state index is 13.1. The van der Waals surface area contributed by atoms with Gasteiger partial charge in [0.15, 0.2) is 0 Å². The van der Waals surface area contributed by atoms with Crippen molar-refractivity contribution in [3.63, 3.8) is 0 Å². The molecule has 1 atom stereocenters. The first-order chi connectivity index (χ1) is 15.9. The molecule has 2 amide bonds. The summed E-state index contributed by atoms with van der Waals surface area (Å²) in [6.45, 7) is 5.55. The van der Waals surface area contributed by atoms with E-state index in [9.17, 15) is 14.0 Å². The van der Waals surface area contributed by atoms with Crippen LogP contribution in [0.25, 0.3) is 5.69 Å². The molecule has 1 unspecified atom stereocenters. The Hall–Kier alpha value is -3.48. The molecule has 33 heavy (non-hydrogen) atoms. The average molecular weight is 449 g/mol. The van der Waals surface area contributed by atoms with Gasteiger partial charge in [-0.1, -0.05) is 12.1 Å². The molecule has 1 aliphatic heterocycles. The molecule has 1 aromatic heterocycles. The number of aromatic nitrogens is 2. The van der Waals surface area contributed by atoms with Gasteiger partial charge in [0.1, 0.15) is 5.82 Å². The van der Waals surface area contributed by atoms with Crippen molar-refractivity contribution < 1.29 is 14.0 Å². The van der Waals surface area contributed by atoms with E-state index in [2.05, 4.69) is 22.5 Å². The number of amides is 2. The highest BCUT2D eigenvalue weighted by molar-refractivity contribution is 5.94. The van der Waals surface area contributed by atoms with Crippen LogP contribution in [0.15, 0.2) is 54.6 Å². The lowest BCUT2D eigenvalue weighted by molar-refractivity contribution is -0.126. The van der Waals surface area contributed by atoms with Crippen LogP contribution in [0.2, 0.25) is 0 Å². The van der Waals surface area contributed by atoms with E-state index in [1.165, 1.54) is 24.3 Å². The summed E-state index contributed by atoms with van der Waals surface area (Å²) in [6.07, 6.45) is 2.27. The second-order valence-corrected chi connectivity index (χ2v) is 8.64. The van der Waals surface area contributed by atoms with Gasteiger partial charge in [-0.2, -0.15) is 5.10 Å². The first-order valence-electron chi connectivity index (χ1n) is 11.4.